The number of thiazole rings is 1. The van der Waals surface area contributed by atoms with Crippen molar-refractivity contribution in [1.82, 2.24) is 4.98 Å². The van der Waals surface area contributed by atoms with Gasteiger partial charge < -0.3 is 4.74 Å². The zero-order chi connectivity index (χ0) is 22.4. The fourth-order valence-electron chi connectivity index (χ4n) is 2.83. The Balaban J connectivity index is 1.65. The average Bonchev–Trinajstić information content (AvgIpc) is 3.14. The lowest BCUT2D eigenvalue weighted by Gasteiger charge is -2.12. The smallest absolute Gasteiger partial charge is 0.416 e. The minimum Gasteiger partial charge on any atom is -0.494 e. The summed E-state index contributed by atoms with van der Waals surface area (Å²) in [4.78, 5) is 17.1. The molecule has 3 rings (SSSR count). The highest BCUT2D eigenvalue weighted by atomic mass is 35.5. The Kier molecular flexibility index (Phi) is 7.56. The maximum atomic E-state index is 13.2. The number of ether oxygens (including phenoxy) is 1. The Bertz CT molecular complexity index is 1040. The van der Waals surface area contributed by atoms with Gasteiger partial charge in [-0.2, -0.15) is 13.2 Å². The third-order valence-electron chi connectivity index (χ3n) is 4.39. The quantitative estimate of drug-likeness (QED) is 0.368. The zero-order valence-corrected chi connectivity index (χ0v) is 18.2. The van der Waals surface area contributed by atoms with E-state index in [0.717, 1.165) is 30.2 Å². The van der Waals surface area contributed by atoms with E-state index in [-0.39, 0.29) is 22.9 Å². The highest BCUT2D eigenvalue weighted by molar-refractivity contribution is 7.15. The molecule has 1 N–H and O–H groups in total. The van der Waals surface area contributed by atoms with Gasteiger partial charge in [0.05, 0.1) is 12.2 Å². The number of rotatable bonds is 8. The molecule has 0 radical (unpaired) electrons. The molecule has 1 amide bonds. The van der Waals surface area contributed by atoms with Crippen LogP contribution < -0.4 is 10.1 Å². The predicted molar refractivity (Wildman–Crippen MR) is 116 cm³/mol. The number of nitrogens with zero attached hydrogens (tertiary/aromatic N) is 1. The monoisotopic (exact) mass is 468 g/mol. The largest absolute Gasteiger partial charge is 0.494 e. The third-order valence-corrected chi connectivity index (χ3v) is 5.54. The van der Waals surface area contributed by atoms with Gasteiger partial charge in [-0.05, 0) is 54.4 Å². The molecule has 0 saturated carbocycles. The first-order valence-electron chi connectivity index (χ1n) is 9.61. The van der Waals surface area contributed by atoms with Crippen LogP contribution in [0.2, 0.25) is 5.02 Å². The summed E-state index contributed by atoms with van der Waals surface area (Å²) in [5.41, 5.74) is -0.258. The van der Waals surface area contributed by atoms with Crippen molar-refractivity contribution < 1.29 is 22.7 Å². The first-order valence-corrected chi connectivity index (χ1v) is 10.8. The number of unbranched alkanes of at least 4 members (excludes halogenated alkanes) is 1. The highest BCUT2D eigenvalue weighted by Gasteiger charge is 2.33. The molecule has 0 fully saturated rings. The molecular weight excluding hydrogens is 449 g/mol. The molecule has 0 aliphatic carbocycles. The number of aromatic nitrogens is 1. The minimum atomic E-state index is -4.48. The summed E-state index contributed by atoms with van der Waals surface area (Å²) in [6.45, 7) is 2.69. The number of carbonyl (C=O) groups excluding carboxylic acids is 1. The Hall–Kier alpha value is -2.58. The lowest BCUT2D eigenvalue weighted by Crippen LogP contribution is -2.11. The second-order valence-corrected chi connectivity index (χ2v) is 8.34. The van der Waals surface area contributed by atoms with Crippen LogP contribution in [-0.4, -0.2) is 17.5 Å². The second kappa shape index (κ2) is 10.2. The molecule has 0 atom stereocenters. The van der Waals surface area contributed by atoms with E-state index in [1.54, 1.807) is 24.3 Å². The van der Waals surface area contributed by atoms with E-state index in [1.165, 1.54) is 18.3 Å². The van der Waals surface area contributed by atoms with Crippen LogP contribution in [0.25, 0.3) is 0 Å². The first kappa shape index (κ1) is 23.1. The van der Waals surface area contributed by atoms with Crippen molar-refractivity contribution in [2.45, 2.75) is 32.4 Å². The summed E-state index contributed by atoms with van der Waals surface area (Å²) in [5, 5.41) is 3.20. The molecule has 164 valence electrons. The van der Waals surface area contributed by atoms with Crippen LogP contribution in [-0.2, 0) is 12.6 Å². The van der Waals surface area contributed by atoms with Crippen molar-refractivity contribution in [1.29, 1.82) is 0 Å². The molecule has 0 bridgehead atoms. The minimum absolute atomic E-state index is 0.00668. The molecule has 1 heterocycles. The third kappa shape index (κ3) is 6.45. The molecule has 2 aromatic carbocycles. The summed E-state index contributed by atoms with van der Waals surface area (Å²) in [5.74, 6) is 0.322. The van der Waals surface area contributed by atoms with Crippen LogP contribution in [0.4, 0.5) is 18.3 Å². The Labute approximate surface area is 187 Å². The maximum absolute atomic E-state index is 13.2. The van der Waals surface area contributed by atoms with Crippen LogP contribution in [0.1, 0.15) is 46.1 Å². The van der Waals surface area contributed by atoms with Crippen molar-refractivity contribution in [3.8, 4) is 5.75 Å². The highest BCUT2D eigenvalue weighted by Crippen LogP contribution is 2.35. The van der Waals surface area contributed by atoms with Crippen LogP contribution in [0.5, 0.6) is 5.75 Å². The molecule has 0 spiro atoms. The lowest BCUT2D eigenvalue weighted by molar-refractivity contribution is -0.138. The Morgan fingerprint density at radius 3 is 2.61 bits per heavy atom. The molecule has 1 aromatic heterocycles. The molecule has 0 unspecified atom stereocenters. The Morgan fingerprint density at radius 2 is 1.94 bits per heavy atom. The van der Waals surface area contributed by atoms with Crippen molar-refractivity contribution in [2.24, 2.45) is 0 Å². The van der Waals surface area contributed by atoms with E-state index in [2.05, 4.69) is 17.2 Å². The first-order chi connectivity index (χ1) is 14.8. The van der Waals surface area contributed by atoms with Crippen molar-refractivity contribution in [3.05, 3.63) is 75.3 Å². The normalized spacial score (nSPS) is 11.4. The molecule has 31 heavy (non-hydrogen) atoms. The number of halogens is 4. The summed E-state index contributed by atoms with van der Waals surface area (Å²) in [6, 6.07) is 10.2. The topological polar surface area (TPSA) is 51.2 Å². The van der Waals surface area contributed by atoms with Gasteiger partial charge in [0.25, 0.3) is 5.91 Å². The van der Waals surface area contributed by atoms with E-state index in [0.29, 0.717) is 27.9 Å². The standard InChI is InChI=1S/C22H20ClF3N2O2S/c1-2-3-10-30-17-7-4-14(5-8-17)20(29)28-21-27-13-18(31-21)12-15-11-16(23)6-9-19(15)22(24,25)26/h4-9,11,13H,2-3,10,12H2,1H3,(H,27,28,29). The number of hydrogen-bond donors (Lipinski definition) is 1. The summed E-state index contributed by atoms with van der Waals surface area (Å²) in [7, 11) is 0. The van der Waals surface area contributed by atoms with Gasteiger partial charge in [-0.25, -0.2) is 4.98 Å². The van der Waals surface area contributed by atoms with Gasteiger partial charge in [-0.1, -0.05) is 24.9 Å². The molecule has 0 aliphatic heterocycles. The predicted octanol–water partition coefficient (Wildman–Crippen LogP) is 6.84. The Morgan fingerprint density at radius 1 is 1.19 bits per heavy atom. The van der Waals surface area contributed by atoms with Gasteiger partial charge in [0.1, 0.15) is 5.75 Å². The van der Waals surface area contributed by atoms with Crippen LogP contribution in [0.15, 0.2) is 48.7 Å². The number of hydrogen-bond acceptors (Lipinski definition) is 4. The number of benzene rings is 2. The fourth-order valence-corrected chi connectivity index (χ4v) is 3.85. The molecule has 3 aromatic rings. The number of alkyl halides is 3. The van der Waals surface area contributed by atoms with E-state index < -0.39 is 11.7 Å². The van der Waals surface area contributed by atoms with E-state index in [1.807, 2.05) is 0 Å². The van der Waals surface area contributed by atoms with Gasteiger partial charge in [0.2, 0.25) is 0 Å². The summed E-state index contributed by atoms with van der Waals surface area (Å²) < 4.78 is 45.3. The van der Waals surface area contributed by atoms with Gasteiger partial charge in [0, 0.05) is 28.1 Å². The lowest BCUT2D eigenvalue weighted by atomic mass is 10.0. The van der Waals surface area contributed by atoms with Crippen LogP contribution >= 0.6 is 22.9 Å². The number of anilines is 1. The molecule has 0 saturated heterocycles. The van der Waals surface area contributed by atoms with Gasteiger partial charge >= 0.3 is 6.18 Å². The van der Waals surface area contributed by atoms with E-state index in [9.17, 15) is 18.0 Å². The van der Waals surface area contributed by atoms with E-state index in [4.69, 9.17) is 16.3 Å². The number of nitrogens with one attached hydrogen (secondary N) is 1. The molecule has 0 aliphatic rings. The molecule has 9 heteroatoms. The number of carbonyl (C=O) groups is 1. The van der Waals surface area contributed by atoms with E-state index >= 15 is 0 Å². The average molecular weight is 469 g/mol. The van der Waals surface area contributed by atoms with Crippen LogP contribution in [0.3, 0.4) is 0 Å². The summed E-state index contributed by atoms with van der Waals surface area (Å²) >= 11 is 6.99. The van der Waals surface area contributed by atoms with Crippen molar-refractivity contribution >= 4 is 34.0 Å². The zero-order valence-electron chi connectivity index (χ0n) is 16.6. The molecular formula is C22H20ClF3N2O2S. The van der Waals surface area contributed by atoms with Gasteiger partial charge in [-0.3, -0.25) is 10.1 Å². The maximum Gasteiger partial charge on any atom is 0.416 e. The van der Waals surface area contributed by atoms with Crippen molar-refractivity contribution in [3.63, 3.8) is 0 Å². The van der Waals surface area contributed by atoms with Gasteiger partial charge in [0.15, 0.2) is 5.13 Å². The SMILES string of the molecule is CCCCOc1ccc(C(=O)Nc2ncc(Cc3cc(Cl)ccc3C(F)(F)F)s2)cc1. The fraction of sp³-hybridized carbons (Fsp3) is 0.273. The number of amides is 1. The van der Waals surface area contributed by atoms with Gasteiger partial charge in [-0.15, -0.1) is 11.3 Å². The summed E-state index contributed by atoms with van der Waals surface area (Å²) in [6.07, 6.45) is -1.04. The molecule has 4 nitrogen and oxygen atoms in total. The second-order valence-electron chi connectivity index (χ2n) is 6.79. The van der Waals surface area contributed by atoms with Crippen molar-refractivity contribution in [2.75, 3.05) is 11.9 Å². The van der Waals surface area contributed by atoms with Crippen LogP contribution in [0, 0.1) is 0 Å².